The molecule has 0 saturated carbocycles. The van der Waals surface area contributed by atoms with E-state index in [1.165, 1.54) is 24.3 Å². The van der Waals surface area contributed by atoms with Crippen LogP contribution in [0.2, 0.25) is 0 Å². The SMILES string of the molecule is C=Cc1ccc(C2CCC(c3ccc(-c4ccc(OCC)c(F)c4F)c(F)c3F)CO2)cc1. The molecule has 0 bridgehead atoms. The highest BCUT2D eigenvalue weighted by Gasteiger charge is 2.28. The van der Waals surface area contributed by atoms with Crippen molar-refractivity contribution >= 4 is 6.08 Å². The van der Waals surface area contributed by atoms with Crippen molar-refractivity contribution in [1.82, 2.24) is 0 Å². The van der Waals surface area contributed by atoms with Gasteiger partial charge in [-0.15, -0.1) is 0 Å². The molecule has 2 atom stereocenters. The van der Waals surface area contributed by atoms with E-state index < -0.39 is 23.3 Å². The standard InChI is InChI=1S/C27H24F4O2/c1-3-16-5-7-17(8-6-16)22-13-9-18(15-33-22)19-10-11-20(25(29)24(19)28)21-12-14-23(32-4-2)27(31)26(21)30/h3,5-8,10-12,14,18,22H,1,4,9,13,15H2,2H3. The highest BCUT2D eigenvalue weighted by Crippen LogP contribution is 2.39. The van der Waals surface area contributed by atoms with Crippen LogP contribution < -0.4 is 4.74 Å². The fourth-order valence-electron chi connectivity index (χ4n) is 4.20. The largest absolute Gasteiger partial charge is 0.491 e. The lowest BCUT2D eigenvalue weighted by Crippen LogP contribution is -2.20. The van der Waals surface area contributed by atoms with E-state index in [0.29, 0.717) is 12.8 Å². The lowest BCUT2D eigenvalue weighted by Gasteiger charge is -2.30. The van der Waals surface area contributed by atoms with E-state index in [-0.39, 0.29) is 47.7 Å². The number of hydrogen-bond acceptors (Lipinski definition) is 2. The minimum absolute atomic E-state index is 0.117. The normalized spacial score (nSPS) is 18.2. The molecular formula is C27H24F4O2. The lowest BCUT2D eigenvalue weighted by atomic mass is 9.88. The number of ether oxygens (including phenoxy) is 2. The van der Waals surface area contributed by atoms with E-state index in [0.717, 1.165) is 11.1 Å². The topological polar surface area (TPSA) is 18.5 Å². The van der Waals surface area contributed by atoms with Gasteiger partial charge in [-0.3, -0.25) is 0 Å². The Morgan fingerprint density at radius 2 is 1.55 bits per heavy atom. The molecule has 1 aliphatic heterocycles. The predicted molar refractivity (Wildman–Crippen MR) is 120 cm³/mol. The van der Waals surface area contributed by atoms with Gasteiger partial charge < -0.3 is 9.47 Å². The summed E-state index contributed by atoms with van der Waals surface area (Å²) in [6.45, 7) is 5.75. The third-order valence-corrected chi connectivity index (χ3v) is 6.01. The molecule has 1 aliphatic rings. The molecule has 1 heterocycles. The molecule has 4 rings (SSSR count). The number of halogens is 4. The van der Waals surface area contributed by atoms with Gasteiger partial charge in [0.15, 0.2) is 23.2 Å². The average Bonchev–Trinajstić information content (AvgIpc) is 2.85. The summed E-state index contributed by atoms with van der Waals surface area (Å²) in [6, 6.07) is 13.0. The molecule has 1 fully saturated rings. The second-order valence-corrected chi connectivity index (χ2v) is 7.97. The van der Waals surface area contributed by atoms with Crippen LogP contribution in [0, 0.1) is 23.3 Å². The quantitative estimate of drug-likeness (QED) is 0.356. The first-order valence-corrected chi connectivity index (χ1v) is 10.9. The van der Waals surface area contributed by atoms with Gasteiger partial charge in [0, 0.05) is 17.0 Å². The van der Waals surface area contributed by atoms with E-state index >= 15 is 0 Å². The summed E-state index contributed by atoms with van der Waals surface area (Å²) in [5.74, 6) is -5.39. The van der Waals surface area contributed by atoms with Crippen molar-refractivity contribution in [2.24, 2.45) is 0 Å². The van der Waals surface area contributed by atoms with Gasteiger partial charge in [0.25, 0.3) is 0 Å². The molecular weight excluding hydrogens is 432 g/mol. The Morgan fingerprint density at radius 1 is 0.879 bits per heavy atom. The third-order valence-electron chi connectivity index (χ3n) is 6.01. The first kappa shape index (κ1) is 23.1. The molecule has 0 aromatic heterocycles. The Bertz CT molecular complexity index is 1150. The molecule has 1 saturated heterocycles. The maximum absolute atomic E-state index is 15.0. The van der Waals surface area contributed by atoms with Crippen LogP contribution in [-0.2, 0) is 4.74 Å². The summed E-state index contributed by atoms with van der Waals surface area (Å²) in [7, 11) is 0. The summed E-state index contributed by atoms with van der Waals surface area (Å²) in [5, 5.41) is 0. The molecule has 2 nitrogen and oxygen atoms in total. The summed E-state index contributed by atoms with van der Waals surface area (Å²) in [6.07, 6.45) is 2.90. The van der Waals surface area contributed by atoms with Crippen molar-refractivity contribution in [2.75, 3.05) is 13.2 Å². The monoisotopic (exact) mass is 456 g/mol. The maximum atomic E-state index is 15.0. The van der Waals surface area contributed by atoms with Crippen LogP contribution in [0.4, 0.5) is 17.6 Å². The van der Waals surface area contributed by atoms with Crippen LogP contribution in [0.15, 0.2) is 55.1 Å². The number of hydrogen-bond donors (Lipinski definition) is 0. The van der Waals surface area contributed by atoms with Crippen molar-refractivity contribution in [1.29, 1.82) is 0 Å². The van der Waals surface area contributed by atoms with Gasteiger partial charge in [-0.2, -0.15) is 4.39 Å². The molecule has 2 unspecified atom stereocenters. The molecule has 172 valence electrons. The van der Waals surface area contributed by atoms with E-state index in [4.69, 9.17) is 9.47 Å². The van der Waals surface area contributed by atoms with Gasteiger partial charge in [0.1, 0.15) is 0 Å². The van der Waals surface area contributed by atoms with Gasteiger partial charge in [-0.25, -0.2) is 13.2 Å². The summed E-state index contributed by atoms with van der Waals surface area (Å²) < 4.78 is 69.6. The van der Waals surface area contributed by atoms with Gasteiger partial charge in [-0.1, -0.05) is 49.1 Å². The zero-order valence-electron chi connectivity index (χ0n) is 18.2. The Balaban J connectivity index is 1.53. The molecule has 0 radical (unpaired) electrons. The second-order valence-electron chi connectivity index (χ2n) is 7.97. The van der Waals surface area contributed by atoms with Gasteiger partial charge in [0.2, 0.25) is 5.82 Å². The zero-order valence-corrected chi connectivity index (χ0v) is 18.2. The van der Waals surface area contributed by atoms with Crippen LogP contribution in [-0.4, -0.2) is 13.2 Å². The first-order chi connectivity index (χ1) is 15.9. The molecule has 0 amide bonds. The Labute approximate surface area is 190 Å². The van der Waals surface area contributed by atoms with Crippen LogP contribution in [0.5, 0.6) is 5.75 Å². The second kappa shape index (κ2) is 9.79. The van der Waals surface area contributed by atoms with Crippen LogP contribution >= 0.6 is 0 Å². The van der Waals surface area contributed by atoms with E-state index in [2.05, 4.69) is 6.58 Å². The van der Waals surface area contributed by atoms with Gasteiger partial charge in [0.05, 0.1) is 19.3 Å². The molecule has 6 heteroatoms. The van der Waals surface area contributed by atoms with Crippen LogP contribution in [0.3, 0.4) is 0 Å². The summed E-state index contributed by atoms with van der Waals surface area (Å²) >= 11 is 0. The van der Waals surface area contributed by atoms with E-state index in [1.54, 1.807) is 13.0 Å². The van der Waals surface area contributed by atoms with Crippen LogP contribution in [0.1, 0.15) is 48.5 Å². The van der Waals surface area contributed by atoms with Crippen molar-refractivity contribution < 1.29 is 27.0 Å². The van der Waals surface area contributed by atoms with Crippen LogP contribution in [0.25, 0.3) is 17.2 Å². The fraction of sp³-hybridized carbons (Fsp3) is 0.259. The minimum Gasteiger partial charge on any atom is -0.491 e. The van der Waals surface area contributed by atoms with Crippen molar-refractivity contribution in [3.63, 3.8) is 0 Å². The summed E-state index contributed by atoms with van der Waals surface area (Å²) in [4.78, 5) is 0. The smallest absolute Gasteiger partial charge is 0.201 e. The zero-order chi connectivity index (χ0) is 23.5. The molecule has 0 N–H and O–H groups in total. The van der Waals surface area contributed by atoms with Gasteiger partial charge >= 0.3 is 0 Å². The minimum atomic E-state index is -1.28. The fourth-order valence-corrected chi connectivity index (χ4v) is 4.20. The molecule has 3 aromatic carbocycles. The Kier molecular flexibility index (Phi) is 6.84. The predicted octanol–water partition coefficient (Wildman–Crippen LogP) is 7.59. The lowest BCUT2D eigenvalue weighted by molar-refractivity contribution is 0.00164. The third kappa shape index (κ3) is 4.53. The molecule has 3 aromatic rings. The van der Waals surface area contributed by atoms with Crippen molar-refractivity contribution in [3.05, 3.63) is 95.1 Å². The highest BCUT2D eigenvalue weighted by molar-refractivity contribution is 5.67. The first-order valence-electron chi connectivity index (χ1n) is 10.9. The Morgan fingerprint density at radius 3 is 2.15 bits per heavy atom. The summed E-state index contributed by atoms with van der Waals surface area (Å²) in [5.41, 5.74) is 1.50. The highest BCUT2D eigenvalue weighted by atomic mass is 19.2. The molecule has 33 heavy (non-hydrogen) atoms. The van der Waals surface area contributed by atoms with E-state index in [1.807, 2.05) is 24.3 Å². The number of benzene rings is 3. The number of rotatable bonds is 6. The molecule has 0 spiro atoms. The van der Waals surface area contributed by atoms with Crippen molar-refractivity contribution in [2.45, 2.75) is 31.8 Å². The Hall–Kier alpha value is -3.12. The van der Waals surface area contributed by atoms with Crippen molar-refractivity contribution in [3.8, 4) is 16.9 Å². The van der Waals surface area contributed by atoms with Gasteiger partial charge in [-0.05, 0) is 48.6 Å². The average molecular weight is 456 g/mol. The van der Waals surface area contributed by atoms with E-state index in [9.17, 15) is 17.6 Å². The molecule has 0 aliphatic carbocycles. The maximum Gasteiger partial charge on any atom is 0.201 e.